The summed E-state index contributed by atoms with van der Waals surface area (Å²) in [7, 11) is 0. The maximum atomic E-state index is 12.8. The van der Waals surface area contributed by atoms with E-state index >= 15 is 0 Å². The Hall–Kier alpha value is -2.29. The summed E-state index contributed by atoms with van der Waals surface area (Å²) in [4.78, 5) is 14.7. The summed E-state index contributed by atoms with van der Waals surface area (Å²) in [5, 5.41) is 3.11. The topological polar surface area (TPSA) is 32.3 Å². The van der Waals surface area contributed by atoms with Crippen LogP contribution in [0.15, 0.2) is 48.5 Å². The summed E-state index contributed by atoms with van der Waals surface area (Å²) in [5.41, 5.74) is 4.32. The quantitative estimate of drug-likeness (QED) is 0.792. The summed E-state index contributed by atoms with van der Waals surface area (Å²) >= 11 is 0. The van der Waals surface area contributed by atoms with E-state index in [9.17, 15) is 4.79 Å². The van der Waals surface area contributed by atoms with Crippen molar-refractivity contribution in [1.82, 2.24) is 0 Å². The third kappa shape index (κ3) is 3.24. The lowest BCUT2D eigenvalue weighted by Crippen LogP contribution is -2.39. The Morgan fingerprint density at radius 1 is 1.04 bits per heavy atom. The first-order chi connectivity index (χ1) is 11.0. The highest BCUT2D eigenvalue weighted by Gasteiger charge is 2.24. The standard InChI is InChI=1S/C20H24N2O/c1-20(2,3)16-11-5-6-12-17(16)21-19(23)22-14-8-10-15-9-4-7-13-18(15)22/h4-7,9,11-13H,8,10,14H2,1-3H3,(H,21,23). The van der Waals surface area contributed by atoms with Crippen molar-refractivity contribution >= 4 is 17.4 Å². The van der Waals surface area contributed by atoms with E-state index in [1.54, 1.807) is 0 Å². The van der Waals surface area contributed by atoms with Gasteiger partial charge >= 0.3 is 6.03 Å². The van der Waals surface area contributed by atoms with Gasteiger partial charge in [0, 0.05) is 17.9 Å². The summed E-state index contributed by atoms with van der Waals surface area (Å²) < 4.78 is 0. The Morgan fingerprint density at radius 2 is 1.74 bits per heavy atom. The van der Waals surface area contributed by atoms with E-state index in [1.807, 2.05) is 41.3 Å². The zero-order valence-electron chi connectivity index (χ0n) is 14.1. The number of rotatable bonds is 1. The molecule has 23 heavy (non-hydrogen) atoms. The van der Waals surface area contributed by atoms with E-state index < -0.39 is 0 Å². The highest BCUT2D eigenvalue weighted by molar-refractivity contribution is 6.03. The second-order valence-corrected chi connectivity index (χ2v) is 7.11. The number of anilines is 2. The van der Waals surface area contributed by atoms with E-state index in [2.05, 4.69) is 38.2 Å². The van der Waals surface area contributed by atoms with E-state index in [1.165, 1.54) is 5.56 Å². The number of nitrogens with zero attached hydrogens (tertiary/aromatic N) is 1. The lowest BCUT2D eigenvalue weighted by atomic mass is 9.86. The molecule has 1 aliphatic heterocycles. The van der Waals surface area contributed by atoms with Crippen molar-refractivity contribution in [3.63, 3.8) is 0 Å². The molecule has 3 heteroatoms. The molecule has 2 aromatic rings. The van der Waals surface area contributed by atoms with Crippen molar-refractivity contribution in [2.75, 3.05) is 16.8 Å². The van der Waals surface area contributed by atoms with Crippen molar-refractivity contribution in [2.45, 2.75) is 39.0 Å². The van der Waals surface area contributed by atoms with Crippen LogP contribution in [0, 0.1) is 0 Å². The zero-order chi connectivity index (χ0) is 16.4. The summed E-state index contributed by atoms with van der Waals surface area (Å²) in [5.74, 6) is 0. The monoisotopic (exact) mass is 308 g/mol. The lowest BCUT2D eigenvalue weighted by molar-refractivity contribution is 0.256. The van der Waals surface area contributed by atoms with Crippen LogP contribution in [-0.2, 0) is 11.8 Å². The van der Waals surface area contributed by atoms with Gasteiger partial charge in [-0.2, -0.15) is 0 Å². The van der Waals surface area contributed by atoms with Crippen LogP contribution in [0.3, 0.4) is 0 Å². The third-order valence-electron chi connectivity index (χ3n) is 4.33. The molecule has 0 radical (unpaired) electrons. The smallest absolute Gasteiger partial charge is 0.307 e. The number of hydrogen-bond acceptors (Lipinski definition) is 1. The largest absolute Gasteiger partial charge is 0.326 e. The molecule has 3 rings (SSSR count). The molecule has 2 aromatic carbocycles. The van der Waals surface area contributed by atoms with Gasteiger partial charge in [-0.05, 0) is 41.5 Å². The molecule has 0 spiro atoms. The number of nitrogens with one attached hydrogen (secondary N) is 1. The molecule has 1 heterocycles. The van der Waals surface area contributed by atoms with E-state index in [-0.39, 0.29) is 11.4 Å². The first-order valence-electron chi connectivity index (χ1n) is 8.23. The fourth-order valence-electron chi connectivity index (χ4n) is 3.17. The molecular formula is C20H24N2O. The number of para-hydroxylation sites is 2. The summed E-state index contributed by atoms with van der Waals surface area (Å²) in [6.07, 6.45) is 2.05. The van der Waals surface area contributed by atoms with Gasteiger partial charge in [0.15, 0.2) is 0 Å². The number of hydrogen-bond donors (Lipinski definition) is 1. The summed E-state index contributed by atoms with van der Waals surface area (Å²) in [6, 6.07) is 16.2. The molecular weight excluding hydrogens is 284 g/mol. The molecule has 0 unspecified atom stereocenters. The van der Waals surface area contributed by atoms with Gasteiger partial charge in [0.2, 0.25) is 0 Å². The predicted octanol–water partition coefficient (Wildman–Crippen LogP) is 4.97. The maximum absolute atomic E-state index is 12.8. The highest BCUT2D eigenvalue weighted by Crippen LogP contribution is 2.31. The van der Waals surface area contributed by atoms with Crippen LogP contribution in [0.4, 0.5) is 16.2 Å². The molecule has 0 saturated heterocycles. The zero-order valence-corrected chi connectivity index (χ0v) is 14.1. The van der Waals surface area contributed by atoms with Gasteiger partial charge in [-0.25, -0.2) is 4.79 Å². The van der Waals surface area contributed by atoms with Crippen LogP contribution in [0.5, 0.6) is 0 Å². The minimum atomic E-state index is -0.0474. The number of carbonyl (C=O) groups excluding carboxylic acids is 1. The molecule has 3 nitrogen and oxygen atoms in total. The molecule has 2 amide bonds. The molecule has 1 aliphatic rings. The first-order valence-corrected chi connectivity index (χ1v) is 8.23. The Bertz CT molecular complexity index is 716. The van der Waals surface area contributed by atoms with Crippen molar-refractivity contribution < 1.29 is 4.79 Å². The summed E-state index contributed by atoms with van der Waals surface area (Å²) in [6.45, 7) is 7.25. The van der Waals surface area contributed by atoms with Crippen LogP contribution in [0.1, 0.15) is 38.3 Å². The SMILES string of the molecule is CC(C)(C)c1ccccc1NC(=O)N1CCCc2ccccc21. The maximum Gasteiger partial charge on any atom is 0.326 e. The third-order valence-corrected chi connectivity index (χ3v) is 4.33. The average Bonchev–Trinajstić information content (AvgIpc) is 2.54. The van der Waals surface area contributed by atoms with Gasteiger partial charge in [-0.15, -0.1) is 0 Å². The van der Waals surface area contributed by atoms with Crippen LogP contribution in [0.25, 0.3) is 0 Å². The second-order valence-electron chi connectivity index (χ2n) is 7.11. The lowest BCUT2D eigenvalue weighted by Gasteiger charge is -2.30. The number of urea groups is 1. The number of carbonyl (C=O) groups is 1. The van der Waals surface area contributed by atoms with Crippen LogP contribution in [0.2, 0.25) is 0 Å². The van der Waals surface area contributed by atoms with Gasteiger partial charge in [0.05, 0.1) is 0 Å². The van der Waals surface area contributed by atoms with Crippen LogP contribution in [-0.4, -0.2) is 12.6 Å². The molecule has 0 atom stereocenters. The van der Waals surface area contributed by atoms with Crippen molar-refractivity contribution in [3.8, 4) is 0 Å². The Kier molecular flexibility index (Phi) is 4.12. The fraction of sp³-hybridized carbons (Fsp3) is 0.350. The highest BCUT2D eigenvalue weighted by atomic mass is 16.2. The van der Waals surface area contributed by atoms with Crippen molar-refractivity contribution in [1.29, 1.82) is 0 Å². The van der Waals surface area contributed by atoms with Gasteiger partial charge in [0.25, 0.3) is 0 Å². The normalized spacial score (nSPS) is 14.3. The molecule has 0 aliphatic carbocycles. The molecule has 120 valence electrons. The molecule has 0 bridgehead atoms. The molecule has 0 saturated carbocycles. The van der Waals surface area contributed by atoms with Gasteiger partial charge in [0.1, 0.15) is 0 Å². The number of amides is 2. The van der Waals surface area contributed by atoms with Crippen LogP contribution < -0.4 is 10.2 Å². The van der Waals surface area contributed by atoms with Crippen molar-refractivity contribution in [2.24, 2.45) is 0 Å². The minimum absolute atomic E-state index is 0.0102. The van der Waals surface area contributed by atoms with E-state index in [0.717, 1.165) is 36.3 Å². The molecule has 0 aromatic heterocycles. The Balaban J connectivity index is 1.87. The molecule has 0 fully saturated rings. The number of aryl methyl sites for hydroxylation is 1. The average molecular weight is 308 g/mol. The van der Waals surface area contributed by atoms with Gasteiger partial charge in [-0.3, -0.25) is 4.90 Å². The number of fused-ring (bicyclic) bond motifs is 1. The van der Waals surface area contributed by atoms with Crippen LogP contribution >= 0.6 is 0 Å². The Morgan fingerprint density at radius 3 is 2.52 bits per heavy atom. The Labute approximate surface area is 138 Å². The van der Waals surface area contributed by atoms with E-state index in [0.29, 0.717) is 0 Å². The van der Waals surface area contributed by atoms with Gasteiger partial charge < -0.3 is 5.32 Å². The first kappa shape index (κ1) is 15.6. The fourth-order valence-corrected chi connectivity index (χ4v) is 3.17. The molecule has 1 N–H and O–H groups in total. The second kappa shape index (κ2) is 6.07. The predicted molar refractivity (Wildman–Crippen MR) is 96.3 cm³/mol. The van der Waals surface area contributed by atoms with E-state index in [4.69, 9.17) is 0 Å². The van der Waals surface area contributed by atoms with Gasteiger partial charge in [-0.1, -0.05) is 57.2 Å². The van der Waals surface area contributed by atoms with Crippen molar-refractivity contribution in [3.05, 3.63) is 59.7 Å². The minimum Gasteiger partial charge on any atom is -0.307 e. The number of benzene rings is 2.